The summed E-state index contributed by atoms with van der Waals surface area (Å²) in [7, 11) is 0. The number of hydrogen-bond donors (Lipinski definition) is 1. The molecule has 2 aliphatic rings. The van der Waals surface area contributed by atoms with Crippen LogP contribution in [0.1, 0.15) is 31.4 Å². The summed E-state index contributed by atoms with van der Waals surface area (Å²) >= 11 is 2.10. The SMILES string of the molecule is OCCc1cn(C[C@@H]2CCCN(C3CCSCC3)C2)nn1. The minimum atomic E-state index is 0.148. The van der Waals surface area contributed by atoms with Crippen LogP contribution in [0.4, 0.5) is 0 Å². The van der Waals surface area contributed by atoms with Crippen LogP contribution in [-0.4, -0.2) is 62.2 Å². The van der Waals surface area contributed by atoms with E-state index in [9.17, 15) is 0 Å². The fraction of sp³-hybridized carbons (Fsp3) is 0.867. The van der Waals surface area contributed by atoms with Gasteiger partial charge in [-0.1, -0.05) is 5.21 Å². The largest absolute Gasteiger partial charge is 0.396 e. The van der Waals surface area contributed by atoms with Gasteiger partial charge in [0.1, 0.15) is 0 Å². The highest BCUT2D eigenvalue weighted by atomic mass is 32.2. The standard InChI is InChI=1S/C15H26N4OS/c20-7-3-14-12-19(17-16-14)11-13-2-1-6-18(10-13)15-4-8-21-9-5-15/h12-13,15,20H,1-11H2/t13-/m1/s1. The van der Waals surface area contributed by atoms with E-state index >= 15 is 0 Å². The van der Waals surface area contributed by atoms with Crippen molar-refractivity contribution < 1.29 is 5.11 Å². The molecular weight excluding hydrogens is 284 g/mol. The van der Waals surface area contributed by atoms with Crippen LogP contribution in [0, 0.1) is 5.92 Å². The van der Waals surface area contributed by atoms with Gasteiger partial charge < -0.3 is 5.11 Å². The molecule has 0 spiro atoms. The first-order valence-electron chi connectivity index (χ1n) is 8.17. The lowest BCUT2D eigenvalue weighted by molar-refractivity contribution is 0.107. The van der Waals surface area contributed by atoms with Crippen LogP contribution in [0.2, 0.25) is 0 Å². The van der Waals surface area contributed by atoms with E-state index in [2.05, 4.69) is 27.0 Å². The highest BCUT2D eigenvalue weighted by Gasteiger charge is 2.27. The van der Waals surface area contributed by atoms with E-state index in [0.717, 1.165) is 18.3 Å². The number of piperidine rings is 1. The van der Waals surface area contributed by atoms with Crippen LogP contribution in [0.15, 0.2) is 6.20 Å². The van der Waals surface area contributed by atoms with E-state index in [4.69, 9.17) is 5.11 Å². The van der Waals surface area contributed by atoms with E-state index < -0.39 is 0 Å². The lowest BCUT2D eigenvalue weighted by Gasteiger charge is -2.39. The first-order chi connectivity index (χ1) is 10.3. The number of aromatic nitrogens is 3. The molecule has 2 aliphatic heterocycles. The third-order valence-electron chi connectivity index (χ3n) is 4.66. The van der Waals surface area contributed by atoms with Crippen molar-refractivity contribution in [3.05, 3.63) is 11.9 Å². The van der Waals surface area contributed by atoms with E-state index in [-0.39, 0.29) is 6.61 Å². The van der Waals surface area contributed by atoms with Crippen molar-refractivity contribution in [2.45, 2.75) is 44.7 Å². The average molecular weight is 310 g/mol. The molecule has 1 atom stereocenters. The summed E-state index contributed by atoms with van der Waals surface area (Å²) in [5.41, 5.74) is 0.898. The van der Waals surface area contributed by atoms with Gasteiger partial charge in [-0.25, -0.2) is 0 Å². The molecule has 0 aromatic carbocycles. The Morgan fingerprint density at radius 1 is 1.29 bits per heavy atom. The van der Waals surface area contributed by atoms with Crippen LogP contribution >= 0.6 is 11.8 Å². The van der Waals surface area contributed by atoms with Gasteiger partial charge in [0.15, 0.2) is 0 Å². The maximum absolute atomic E-state index is 8.94. The van der Waals surface area contributed by atoms with Crippen molar-refractivity contribution in [1.29, 1.82) is 0 Å². The number of likely N-dealkylation sites (tertiary alicyclic amines) is 1. The summed E-state index contributed by atoms with van der Waals surface area (Å²) < 4.78 is 1.97. The molecule has 0 amide bonds. The average Bonchev–Trinajstić information content (AvgIpc) is 2.96. The smallest absolute Gasteiger partial charge is 0.0849 e. The molecule has 2 saturated heterocycles. The zero-order chi connectivity index (χ0) is 14.5. The molecule has 0 bridgehead atoms. The number of aliphatic hydroxyl groups excluding tert-OH is 1. The third kappa shape index (κ3) is 4.20. The highest BCUT2D eigenvalue weighted by molar-refractivity contribution is 7.99. The van der Waals surface area contributed by atoms with Crippen molar-refractivity contribution in [2.24, 2.45) is 5.92 Å². The van der Waals surface area contributed by atoms with Gasteiger partial charge in [-0.2, -0.15) is 11.8 Å². The Labute approximate surface area is 131 Å². The van der Waals surface area contributed by atoms with Crippen molar-refractivity contribution >= 4 is 11.8 Å². The molecule has 5 nitrogen and oxygen atoms in total. The normalized spacial score (nSPS) is 25.3. The molecule has 0 aliphatic carbocycles. The first-order valence-corrected chi connectivity index (χ1v) is 9.32. The molecule has 1 aromatic heterocycles. The fourth-order valence-electron chi connectivity index (χ4n) is 3.55. The number of rotatable bonds is 5. The monoisotopic (exact) mass is 310 g/mol. The van der Waals surface area contributed by atoms with Crippen LogP contribution < -0.4 is 0 Å². The van der Waals surface area contributed by atoms with Crippen LogP contribution in [0.3, 0.4) is 0 Å². The minimum absolute atomic E-state index is 0.148. The number of thioether (sulfide) groups is 1. The second kappa shape index (κ2) is 7.61. The molecular formula is C15H26N4OS. The molecule has 1 aromatic rings. The van der Waals surface area contributed by atoms with E-state index in [0.29, 0.717) is 12.3 Å². The number of nitrogens with zero attached hydrogens (tertiary/aromatic N) is 4. The Morgan fingerprint density at radius 3 is 2.95 bits per heavy atom. The van der Waals surface area contributed by atoms with Crippen molar-refractivity contribution in [3.63, 3.8) is 0 Å². The van der Waals surface area contributed by atoms with Gasteiger partial charge in [0.05, 0.1) is 5.69 Å². The molecule has 2 fully saturated rings. The van der Waals surface area contributed by atoms with E-state index in [1.165, 1.54) is 50.3 Å². The summed E-state index contributed by atoms with van der Waals surface area (Å²) in [6.07, 6.45) is 7.94. The van der Waals surface area contributed by atoms with Gasteiger partial charge >= 0.3 is 0 Å². The zero-order valence-electron chi connectivity index (χ0n) is 12.7. The highest BCUT2D eigenvalue weighted by Crippen LogP contribution is 2.27. The van der Waals surface area contributed by atoms with Gasteiger partial charge in [-0.15, -0.1) is 5.10 Å². The molecule has 0 unspecified atom stereocenters. The van der Waals surface area contributed by atoms with Crippen LogP contribution in [-0.2, 0) is 13.0 Å². The molecule has 3 heterocycles. The van der Waals surface area contributed by atoms with Crippen molar-refractivity contribution in [1.82, 2.24) is 19.9 Å². The van der Waals surface area contributed by atoms with Crippen LogP contribution in [0.5, 0.6) is 0 Å². The molecule has 3 rings (SSSR count). The Morgan fingerprint density at radius 2 is 2.14 bits per heavy atom. The summed E-state index contributed by atoms with van der Waals surface area (Å²) in [5.74, 6) is 3.36. The fourth-order valence-corrected chi connectivity index (χ4v) is 4.63. The molecule has 0 saturated carbocycles. The summed E-state index contributed by atoms with van der Waals surface area (Å²) in [6, 6.07) is 0.815. The summed E-state index contributed by atoms with van der Waals surface area (Å²) in [5, 5.41) is 17.3. The van der Waals surface area contributed by atoms with E-state index in [1.54, 1.807) is 0 Å². The Kier molecular flexibility index (Phi) is 5.55. The number of aliphatic hydroxyl groups is 1. The predicted octanol–water partition coefficient (Wildman–Crippen LogP) is 1.42. The second-order valence-corrected chi connectivity index (χ2v) is 7.48. The van der Waals surface area contributed by atoms with Crippen molar-refractivity contribution in [2.75, 3.05) is 31.2 Å². The minimum Gasteiger partial charge on any atom is -0.396 e. The van der Waals surface area contributed by atoms with E-state index in [1.807, 2.05) is 10.9 Å². The van der Waals surface area contributed by atoms with Gasteiger partial charge in [0.25, 0.3) is 0 Å². The Bertz CT molecular complexity index is 433. The maximum Gasteiger partial charge on any atom is 0.0849 e. The molecule has 21 heavy (non-hydrogen) atoms. The lowest BCUT2D eigenvalue weighted by atomic mass is 9.95. The third-order valence-corrected chi connectivity index (χ3v) is 5.71. The van der Waals surface area contributed by atoms with Gasteiger partial charge in [0, 0.05) is 38.4 Å². The molecule has 118 valence electrons. The topological polar surface area (TPSA) is 54.2 Å². The quantitative estimate of drug-likeness (QED) is 0.891. The second-order valence-electron chi connectivity index (χ2n) is 6.25. The maximum atomic E-state index is 8.94. The van der Waals surface area contributed by atoms with Gasteiger partial charge in [-0.05, 0) is 49.7 Å². The summed E-state index contributed by atoms with van der Waals surface area (Å²) in [4.78, 5) is 2.72. The predicted molar refractivity (Wildman–Crippen MR) is 85.5 cm³/mol. The molecule has 0 radical (unpaired) electrons. The zero-order valence-corrected chi connectivity index (χ0v) is 13.5. The van der Waals surface area contributed by atoms with Gasteiger partial charge in [0.2, 0.25) is 0 Å². The number of hydrogen-bond acceptors (Lipinski definition) is 5. The van der Waals surface area contributed by atoms with Crippen molar-refractivity contribution in [3.8, 4) is 0 Å². The molecule has 1 N–H and O–H groups in total. The Hall–Kier alpha value is -0.590. The Balaban J connectivity index is 1.52. The van der Waals surface area contributed by atoms with Gasteiger partial charge in [-0.3, -0.25) is 9.58 Å². The molecule has 6 heteroatoms. The van der Waals surface area contributed by atoms with Crippen LogP contribution in [0.25, 0.3) is 0 Å². The summed E-state index contributed by atoms with van der Waals surface area (Å²) in [6.45, 7) is 3.61. The first kappa shape index (κ1) is 15.3. The lowest BCUT2D eigenvalue weighted by Crippen LogP contribution is -2.45.